The van der Waals surface area contributed by atoms with E-state index in [0.29, 0.717) is 17.7 Å². The maximum Gasteiger partial charge on any atom is 0.137 e. The number of rotatable bonds is 3. The summed E-state index contributed by atoms with van der Waals surface area (Å²) in [6.07, 6.45) is 7.98. The highest BCUT2D eigenvalue weighted by molar-refractivity contribution is 9.11. The molecule has 1 saturated heterocycles. The van der Waals surface area contributed by atoms with Crippen LogP contribution in [0.1, 0.15) is 44.9 Å². The minimum Gasteiger partial charge on any atom is -0.299 e. The van der Waals surface area contributed by atoms with Gasteiger partial charge in [0.05, 0.1) is 0 Å². The Morgan fingerprint density at radius 2 is 2.06 bits per heavy atom. The number of hydrogen-bond acceptors (Lipinski definition) is 2. The van der Waals surface area contributed by atoms with E-state index in [1.54, 1.807) is 0 Å². The van der Waals surface area contributed by atoms with Gasteiger partial charge in [-0.05, 0) is 32.2 Å². The van der Waals surface area contributed by atoms with Crippen molar-refractivity contribution in [3.8, 4) is 0 Å². The lowest BCUT2D eigenvalue weighted by molar-refractivity contribution is -0.127. The SMILES string of the molecule is C=C(Br)CN1CCCCC1C1CCCCC1=O. The van der Waals surface area contributed by atoms with Crippen LogP contribution in [0.2, 0.25) is 0 Å². The number of piperidine rings is 1. The monoisotopic (exact) mass is 299 g/mol. The molecule has 17 heavy (non-hydrogen) atoms. The van der Waals surface area contributed by atoms with E-state index in [-0.39, 0.29) is 0 Å². The molecule has 1 aliphatic carbocycles. The quantitative estimate of drug-likeness (QED) is 0.795. The minimum atomic E-state index is 0.302. The molecule has 1 aliphatic heterocycles. The Balaban J connectivity index is 2.04. The van der Waals surface area contributed by atoms with Crippen LogP contribution < -0.4 is 0 Å². The van der Waals surface area contributed by atoms with Crippen LogP contribution in [-0.2, 0) is 4.79 Å². The van der Waals surface area contributed by atoms with Crippen LogP contribution in [-0.4, -0.2) is 29.8 Å². The van der Waals surface area contributed by atoms with Crippen LogP contribution in [0.15, 0.2) is 11.1 Å². The first-order valence-electron chi connectivity index (χ1n) is 6.78. The van der Waals surface area contributed by atoms with Crippen molar-refractivity contribution >= 4 is 21.7 Å². The van der Waals surface area contributed by atoms with Gasteiger partial charge in [0.25, 0.3) is 0 Å². The van der Waals surface area contributed by atoms with Gasteiger partial charge in [0.1, 0.15) is 5.78 Å². The van der Waals surface area contributed by atoms with Crippen molar-refractivity contribution in [1.29, 1.82) is 0 Å². The van der Waals surface area contributed by atoms with Crippen LogP contribution >= 0.6 is 15.9 Å². The summed E-state index contributed by atoms with van der Waals surface area (Å²) in [6, 6.07) is 0.478. The predicted octanol–water partition coefficient (Wildman–Crippen LogP) is 3.51. The Morgan fingerprint density at radius 3 is 2.76 bits per heavy atom. The molecule has 2 nitrogen and oxygen atoms in total. The van der Waals surface area contributed by atoms with E-state index in [1.165, 1.54) is 25.7 Å². The van der Waals surface area contributed by atoms with Gasteiger partial charge in [-0.3, -0.25) is 9.69 Å². The van der Waals surface area contributed by atoms with E-state index in [9.17, 15) is 4.79 Å². The zero-order valence-electron chi connectivity index (χ0n) is 10.5. The summed E-state index contributed by atoms with van der Waals surface area (Å²) >= 11 is 3.46. The second-order valence-corrected chi connectivity index (χ2v) is 6.49. The maximum atomic E-state index is 12.1. The molecular formula is C14H22BrNO. The van der Waals surface area contributed by atoms with Crippen molar-refractivity contribution in [3.63, 3.8) is 0 Å². The number of carbonyl (C=O) groups is 1. The van der Waals surface area contributed by atoms with Gasteiger partial charge in [-0.15, -0.1) is 0 Å². The fourth-order valence-electron chi connectivity index (χ4n) is 3.31. The van der Waals surface area contributed by atoms with Gasteiger partial charge in [-0.1, -0.05) is 35.4 Å². The first-order valence-corrected chi connectivity index (χ1v) is 7.58. The van der Waals surface area contributed by atoms with Gasteiger partial charge < -0.3 is 0 Å². The number of Topliss-reactive ketones (excluding diaryl/α,β-unsaturated/α-hetero) is 1. The van der Waals surface area contributed by atoms with Crippen LogP contribution in [0, 0.1) is 5.92 Å². The summed E-state index contributed by atoms with van der Waals surface area (Å²) in [5, 5.41) is 0. The molecule has 1 saturated carbocycles. The maximum absolute atomic E-state index is 12.1. The Hall–Kier alpha value is -0.150. The molecule has 0 bridgehead atoms. The first-order chi connectivity index (χ1) is 8.18. The Morgan fingerprint density at radius 1 is 1.29 bits per heavy atom. The summed E-state index contributed by atoms with van der Waals surface area (Å²) in [4.78, 5) is 14.5. The number of nitrogens with zero attached hydrogens (tertiary/aromatic N) is 1. The largest absolute Gasteiger partial charge is 0.299 e. The first kappa shape index (κ1) is 13.3. The second kappa shape index (κ2) is 6.14. The number of carbonyl (C=O) groups excluding carboxylic acids is 1. The van der Waals surface area contributed by atoms with Gasteiger partial charge in [0, 0.05) is 29.4 Å². The molecule has 2 unspecified atom stereocenters. The molecule has 2 atom stereocenters. The van der Waals surface area contributed by atoms with Crippen LogP contribution in [0.25, 0.3) is 0 Å². The standard InChI is InChI=1S/C14H22BrNO/c1-11(15)10-16-9-5-4-7-13(16)12-6-2-3-8-14(12)17/h12-13H,1-10H2. The number of hydrogen-bond donors (Lipinski definition) is 0. The van der Waals surface area contributed by atoms with Crippen molar-refractivity contribution < 1.29 is 4.79 Å². The molecule has 0 N–H and O–H groups in total. The third-order valence-electron chi connectivity index (χ3n) is 4.11. The van der Waals surface area contributed by atoms with Crippen molar-refractivity contribution in [2.75, 3.05) is 13.1 Å². The van der Waals surface area contributed by atoms with Gasteiger partial charge >= 0.3 is 0 Å². The molecule has 2 aliphatic rings. The molecule has 0 spiro atoms. The fourth-order valence-corrected chi connectivity index (χ4v) is 3.63. The number of likely N-dealkylation sites (tertiary alicyclic amines) is 1. The van der Waals surface area contributed by atoms with Crippen LogP contribution in [0.5, 0.6) is 0 Å². The number of ketones is 1. The molecule has 1 heterocycles. The van der Waals surface area contributed by atoms with E-state index in [0.717, 1.165) is 36.8 Å². The van der Waals surface area contributed by atoms with Gasteiger partial charge in [-0.2, -0.15) is 0 Å². The topological polar surface area (TPSA) is 20.3 Å². The molecule has 0 aromatic heterocycles. The van der Waals surface area contributed by atoms with E-state index in [4.69, 9.17) is 0 Å². The summed E-state index contributed by atoms with van der Waals surface area (Å²) in [5.41, 5.74) is 0. The van der Waals surface area contributed by atoms with E-state index in [2.05, 4.69) is 27.4 Å². The molecular weight excluding hydrogens is 278 g/mol. The molecule has 3 heteroatoms. The Kier molecular flexibility index (Phi) is 4.80. The third kappa shape index (κ3) is 3.41. The average Bonchev–Trinajstić information content (AvgIpc) is 2.30. The summed E-state index contributed by atoms with van der Waals surface area (Å²) in [7, 11) is 0. The van der Waals surface area contributed by atoms with Gasteiger partial charge in [-0.25, -0.2) is 0 Å². The highest BCUT2D eigenvalue weighted by Gasteiger charge is 2.35. The molecule has 0 amide bonds. The zero-order chi connectivity index (χ0) is 12.3. The molecule has 0 aromatic carbocycles. The Bertz CT molecular complexity index is 303. The summed E-state index contributed by atoms with van der Waals surface area (Å²) in [6.45, 7) is 5.96. The normalized spacial score (nSPS) is 31.5. The van der Waals surface area contributed by atoms with Crippen LogP contribution in [0.4, 0.5) is 0 Å². The van der Waals surface area contributed by atoms with Crippen molar-refractivity contribution in [2.45, 2.75) is 51.0 Å². The van der Waals surface area contributed by atoms with Gasteiger partial charge in [0.2, 0.25) is 0 Å². The number of halogens is 1. The molecule has 0 radical (unpaired) electrons. The van der Waals surface area contributed by atoms with Crippen molar-refractivity contribution in [3.05, 3.63) is 11.1 Å². The van der Waals surface area contributed by atoms with Crippen molar-refractivity contribution in [2.24, 2.45) is 5.92 Å². The van der Waals surface area contributed by atoms with Crippen molar-refractivity contribution in [1.82, 2.24) is 4.90 Å². The highest BCUT2D eigenvalue weighted by atomic mass is 79.9. The molecule has 0 aromatic rings. The van der Waals surface area contributed by atoms with E-state index < -0.39 is 0 Å². The summed E-state index contributed by atoms with van der Waals surface area (Å²) < 4.78 is 1.03. The smallest absolute Gasteiger partial charge is 0.137 e. The minimum absolute atomic E-state index is 0.302. The Labute approximate surface area is 113 Å². The van der Waals surface area contributed by atoms with E-state index >= 15 is 0 Å². The third-order valence-corrected chi connectivity index (χ3v) is 4.36. The van der Waals surface area contributed by atoms with Gasteiger partial charge in [0.15, 0.2) is 0 Å². The molecule has 96 valence electrons. The lowest BCUT2D eigenvalue weighted by atomic mass is 9.79. The van der Waals surface area contributed by atoms with Crippen LogP contribution in [0.3, 0.4) is 0 Å². The second-order valence-electron chi connectivity index (χ2n) is 5.37. The highest BCUT2D eigenvalue weighted by Crippen LogP contribution is 2.32. The predicted molar refractivity (Wildman–Crippen MR) is 74.2 cm³/mol. The lowest BCUT2D eigenvalue weighted by Crippen LogP contribution is -2.47. The lowest BCUT2D eigenvalue weighted by Gasteiger charge is -2.41. The summed E-state index contributed by atoms with van der Waals surface area (Å²) in [5.74, 6) is 0.809. The molecule has 2 fully saturated rings. The zero-order valence-corrected chi connectivity index (χ0v) is 12.0. The molecule has 2 rings (SSSR count). The average molecular weight is 300 g/mol. The van der Waals surface area contributed by atoms with E-state index in [1.807, 2.05) is 0 Å². The fraction of sp³-hybridized carbons (Fsp3) is 0.786.